The summed E-state index contributed by atoms with van der Waals surface area (Å²) in [5, 5.41) is 19.7. The van der Waals surface area contributed by atoms with Crippen LogP contribution in [0.2, 0.25) is 0 Å². The molecule has 1 spiro atoms. The number of ketones is 1. The number of carbonyl (C=O) groups is 1. The zero-order chi connectivity index (χ0) is 22.5. The molecule has 32 heavy (non-hydrogen) atoms. The van der Waals surface area contributed by atoms with E-state index >= 15 is 0 Å². The molecule has 1 aromatic heterocycles. The Kier molecular flexibility index (Phi) is 5.20. The molecule has 1 aliphatic heterocycles. The van der Waals surface area contributed by atoms with Crippen LogP contribution in [0.1, 0.15) is 40.0 Å². The lowest BCUT2D eigenvalue weighted by atomic mass is 9.64. The van der Waals surface area contributed by atoms with Crippen molar-refractivity contribution >= 4 is 22.4 Å². The number of nitrogens with one attached hydrogen (secondary N) is 1. The molecule has 3 aromatic rings. The molecule has 7 nitrogen and oxygen atoms in total. The number of fused-ring (bicyclic) bond motifs is 6. The zero-order valence-electron chi connectivity index (χ0n) is 18.4. The number of anilines is 1. The minimum absolute atomic E-state index is 0.00963. The van der Waals surface area contributed by atoms with E-state index in [-0.39, 0.29) is 24.4 Å². The van der Waals surface area contributed by atoms with Gasteiger partial charge in [0.1, 0.15) is 18.5 Å². The van der Waals surface area contributed by atoms with Crippen LogP contribution in [0.3, 0.4) is 0 Å². The van der Waals surface area contributed by atoms with E-state index in [2.05, 4.69) is 11.1 Å². The molecule has 3 N–H and O–H groups in total. The van der Waals surface area contributed by atoms with E-state index in [9.17, 15) is 9.90 Å². The summed E-state index contributed by atoms with van der Waals surface area (Å²) >= 11 is 0. The molecule has 2 heterocycles. The van der Waals surface area contributed by atoms with Gasteiger partial charge in [-0.1, -0.05) is 6.07 Å². The normalized spacial score (nSPS) is 17.8. The molecular weight excluding hydrogens is 408 g/mol. The molecule has 1 saturated heterocycles. The maximum atomic E-state index is 13.7. The molecule has 1 atom stereocenters. The Hall–Kier alpha value is -2.87. The van der Waals surface area contributed by atoms with Crippen LogP contribution in [-0.4, -0.2) is 67.6 Å². The quantitative estimate of drug-likeness (QED) is 0.569. The first-order chi connectivity index (χ1) is 15.4. The number of ether oxygens (including phenoxy) is 2. The van der Waals surface area contributed by atoms with Crippen molar-refractivity contribution in [1.29, 1.82) is 0 Å². The van der Waals surface area contributed by atoms with Gasteiger partial charge in [-0.2, -0.15) is 0 Å². The van der Waals surface area contributed by atoms with Gasteiger partial charge < -0.3 is 29.6 Å². The number of aromatic amines is 1. The van der Waals surface area contributed by atoms with Crippen molar-refractivity contribution in [3.8, 4) is 5.75 Å². The highest BCUT2D eigenvalue weighted by Gasteiger charge is 2.47. The number of H-pyrrole nitrogens is 1. The average molecular weight is 437 g/mol. The van der Waals surface area contributed by atoms with Gasteiger partial charge in [-0.15, -0.1) is 0 Å². The average Bonchev–Trinajstić information content (AvgIpc) is 3.21. The van der Waals surface area contributed by atoms with Gasteiger partial charge in [0.15, 0.2) is 5.78 Å². The Balaban J connectivity index is 1.67. The van der Waals surface area contributed by atoms with E-state index in [0.29, 0.717) is 24.5 Å². The second-order valence-corrected chi connectivity index (χ2v) is 8.88. The molecule has 2 aromatic carbocycles. The molecule has 0 bridgehead atoms. The minimum atomic E-state index is -0.948. The van der Waals surface area contributed by atoms with Crippen molar-refractivity contribution in [1.82, 2.24) is 4.98 Å². The van der Waals surface area contributed by atoms with Crippen LogP contribution in [-0.2, 0) is 10.2 Å². The number of aliphatic hydroxyl groups is 2. The van der Waals surface area contributed by atoms with Crippen molar-refractivity contribution < 1.29 is 24.5 Å². The molecule has 0 saturated carbocycles. The summed E-state index contributed by atoms with van der Waals surface area (Å²) < 4.78 is 11.4. The van der Waals surface area contributed by atoms with E-state index in [1.165, 1.54) is 0 Å². The fourth-order valence-corrected chi connectivity index (χ4v) is 5.02. The third-order valence-electron chi connectivity index (χ3n) is 6.75. The van der Waals surface area contributed by atoms with Crippen LogP contribution in [0.5, 0.6) is 5.75 Å². The summed E-state index contributed by atoms with van der Waals surface area (Å²) in [5.74, 6) is 0.585. The highest BCUT2D eigenvalue weighted by atomic mass is 16.5. The number of aromatic nitrogens is 1. The van der Waals surface area contributed by atoms with E-state index in [4.69, 9.17) is 14.6 Å². The lowest BCUT2D eigenvalue weighted by molar-refractivity contribution is 0.0529. The molecule has 0 amide bonds. The smallest absolute Gasteiger partial charge is 0.195 e. The van der Waals surface area contributed by atoms with Gasteiger partial charge in [0.2, 0.25) is 0 Å². The van der Waals surface area contributed by atoms with Gasteiger partial charge >= 0.3 is 0 Å². The lowest BCUT2D eigenvalue weighted by Crippen LogP contribution is -2.40. The van der Waals surface area contributed by atoms with Gasteiger partial charge in [-0.3, -0.25) is 4.79 Å². The molecule has 7 heteroatoms. The Bertz CT molecular complexity index is 1180. The number of nitrogens with zero attached hydrogens (tertiary/aromatic N) is 1. The molecule has 0 radical (unpaired) electrons. The second-order valence-electron chi connectivity index (χ2n) is 8.88. The lowest BCUT2D eigenvalue weighted by Gasteiger charge is -2.41. The second kappa shape index (κ2) is 7.92. The first kappa shape index (κ1) is 21.0. The van der Waals surface area contributed by atoms with Crippen molar-refractivity contribution in [3.63, 3.8) is 0 Å². The Morgan fingerprint density at radius 1 is 1.19 bits per heavy atom. The summed E-state index contributed by atoms with van der Waals surface area (Å²) in [6.07, 6.45) is 0.572. The Morgan fingerprint density at radius 2 is 1.97 bits per heavy atom. The SMILES string of the molecule is CN(C)c1ccc2c3c([nH]c2c1)C1(CCOCC1)c1cc(OC[C@H](O)CO)ccc1C3=O. The molecule has 1 aliphatic carbocycles. The summed E-state index contributed by atoms with van der Waals surface area (Å²) in [4.78, 5) is 19.3. The fraction of sp³-hybridized carbons (Fsp3) is 0.400. The van der Waals surface area contributed by atoms with E-state index < -0.39 is 6.10 Å². The van der Waals surface area contributed by atoms with Crippen molar-refractivity contribution in [2.24, 2.45) is 0 Å². The summed E-state index contributed by atoms with van der Waals surface area (Å²) in [7, 11) is 4.00. The number of hydrogen-bond acceptors (Lipinski definition) is 6. The predicted octanol–water partition coefficient (Wildman–Crippen LogP) is 2.61. The number of aliphatic hydroxyl groups excluding tert-OH is 2. The number of carbonyl (C=O) groups excluding carboxylic acids is 1. The van der Waals surface area contributed by atoms with Crippen LogP contribution in [0, 0.1) is 0 Å². The van der Waals surface area contributed by atoms with Gasteiger partial charge in [-0.05, 0) is 48.7 Å². The van der Waals surface area contributed by atoms with Gasteiger partial charge in [0, 0.05) is 60.6 Å². The maximum Gasteiger partial charge on any atom is 0.195 e. The van der Waals surface area contributed by atoms with Crippen LogP contribution >= 0.6 is 0 Å². The molecule has 168 valence electrons. The third-order valence-corrected chi connectivity index (χ3v) is 6.75. The van der Waals surface area contributed by atoms with Crippen LogP contribution < -0.4 is 9.64 Å². The molecule has 5 rings (SSSR count). The highest BCUT2D eigenvalue weighted by Crippen LogP contribution is 2.50. The number of hydrogen-bond donors (Lipinski definition) is 3. The van der Waals surface area contributed by atoms with Crippen molar-refractivity contribution in [2.75, 3.05) is 45.4 Å². The van der Waals surface area contributed by atoms with Gasteiger partial charge in [0.05, 0.1) is 12.2 Å². The third kappa shape index (κ3) is 3.20. The Labute approximate surface area is 186 Å². The first-order valence-corrected chi connectivity index (χ1v) is 11.0. The van der Waals surface area contributed by atoms with Gasteiger partial charge in [0.25, 0.3) is 0 Å². The van der Waals surface area contributed by atoms with Crippen LogP contribution in [0.25, 0.3) is 10.9 Å². The minimum Gasteiger partial charge on any atom is -0.491 e. The topological polar surface area (TPSA) is 95.0 Å². The monoisotopic (exact) mass is 436 g/mol. The molecule has 1 fully saturated rings. The van der Waals surface area contributed by atoms with Crippen LogP contribution in [0.15, 0.2) is 36.4 Å². The number of benzene rings is 2. The van der Waals surface area contributed by atoms with Crippen molar-refractivity contribution in [3.05, 3.63) is 58.8 Å². The van der Waals surface area contributed by atoms with Crippen molar-refractivity contribution in [2.45, 2.75) is 24.4 Å². The Morgan fingerprint density at radius 3 is 2.69 bits per heavy atom. The highest BCUT2D eigenvalue weighted by molar-refractivity contribution is 6.20. The summed E-state index contributed by atoms with van der Waals surface area (Å²) in [5.41, 5.74) is 4.99. The van der Waals surface area contributed by atoms with Gasteiger partial charge in [-0.25, -0.2) is 0 Å². The summed E-state index contributed by atoms with van der Waals surface area (Å²) in [6, 6.07) is 11.7. The predicted molar refractivity (Wildman–Crippen MR) is 122 cm³/mol. The van der Waals surface area contributed by atoms with E-state index in [0.717, 1.165) is 46.3 Å². The maximum absolute atomic E-state index is 13.7. The van der Waals surface area contributed by atoms with Crippen LogP contribution in [0.4, 0.5) is 5.69 Å². The largest absolute Gasteiger partial charge is 0.491 e. The standard InChI is InChI=1S/C25H28N2O5/c1-27(2)15-3-5-19-21(11-15)26-24-22(19)23(30)18-6-4-17(32-14-16(29)13-28)12-20(18)25(24)7-9-31-10-8-25/h3-6,11-12,16,26,28-29H,7-10,13-14H2,1-2H3/t16-/m1/s1. The van der Waals surface area contributed by atoms with E-state index in [1.807, 2.05) is 43.3 Å². The fourth-order valence-electron chi connectivity index (χ4n) is 5.02. The summed E-state index contributed by atoms with van der Waals surface area (Å²) in [6.45, 7) is 0.849. The molecule has 2 aliphatic rings. The first-order valence-electron chi connectivity index (χ1n) is 11.0. The molecule has 0 unspecified atom stereocenters. The van der Waals surface area contributed by atoms with E-state index in [1.54, 1.807) is 6.07 Å². The molecular formula is C25H28N2O5. The zero-order valence-corrected chi connectivity index (χ0v) is 18.4. The number of rotatable bonds is 5.